The molecule has 0 radical (unpaired) electrons. The molecular formula is C23H24N6O3. The molecule has 0 aliphatic carbocycles. The van der Waals surface area contributed by atoms with Crippen LogP contribution in [0.2, 0.25) is 0 Å². The standard InChI is InChI=1S/C23H24N6O3/c1-15(17-7-5-4-6-8-17)26-27-22-24-20-19(21(30)25-23(31)28(20)2)29(22)14-13-16-9-11-18(32-3)12-10-16/h4-12H,13-14H2,1-3H3,(H,24,27)(H,25,30,31)/b26-15-. The van der Waals surface area contributed by atoms with Crippen molar-refractivity contribution in [2.45, 2.75) is 19.9 Å². The lowest BCUT2D eigenvalue weighted by atomic mass is 10.1. The Morgan fingerprint density at radius 2 is 1.84 bits per heavy atom. The highest BCUT2D eigenvalue weighted by Crippen LogP contribution is 2.18. The predicted molar refractivity (Wildman–Crippen MR) is 125 cm³/mol. The molecule has 0 bridgehead atoms. The van der Waals surface area contributed by atoms with Gasteiger partial charge in [0.25, 0.3) is 5.56 Å². The van der Waals surface area contributed by atoms with Crippen molar-refractivity contribution in [1.82, 2.24) is 19.1 Å². The number of aryl methyl sites for hydroxylation is 3. The number of benzene rings is 2. The van der Waals surface area contributed by atoms with Crippen molar-refractivity contribution in [3.63, 3.8) is 0 Å². The van der Waals surface area contributed by atoms with Gasteiger partial charge in [0.1, 0.15) is 5.75 Å². The number of H-pyrrole nitrogens is 1. The fraction of sp³-hybridized carbons (Fsp3) is 0.217. The lowest BCUT2D eigenvalue weighted by Gasteiger charge is -2.09. The molecular weight excluding hydrogens is 408 g/mol. The van der Waals surface area contributed by atoms with Crippen LogP contribution in [0.15, 0.2) is 69.3 Å². The van der Waals surface area contributed by atoms with E-state index >= 15 is 0 Å². The van der Waals surface area contributed by atoms with E-state index in [9.17, 15) is 9.59 Å². The lowest BCUT2D eigenvalue weighted by molar-refractivity contribution is 0.414. The summed E-state index contributed by atoms with van der Waals surface area (Å²) in [7, 11) is 3.20. The Hall–Kier alpha value is -4.14. The van der Waals surface area contributed by atoms with Crippen LogP contribution in [-0.4, -0.2) is 31.9 Å². The zero-order valence-corrected chi connectivity index (χ0v) is 18.1. The first kappa shape index (κ1) is 21.1. The molecule has 0 spiro atoms. The van der Waals surface area contributed by atoms with Crippen LogP contribution in [0.5, 0.6) is 5.75 Å². The van der Waals surface area contributed by atoms with Crippen molar-refractivity contribution in [2.75, 3.05) is 12.5 Å². The third-order valence-corrected chi connectivity index (χ3v) is 5.31. The molecule has 4 aromatic rings. The van der Waals surface area contributed by atoms with E-state index in [4.69, 9.17) is 4.74 Å². The minimum absolute atomic E-state index is 0.295. The van der Waals surface area contributed by atoms with E-state index in [1.807, 2.05) is 61.5 Å². The first-order chi connectivity index (χ1) is 15.5. The van der Waals surface area contributed by atoms with Crippen LogP contribution in [0.25, 0.3) is 11.2 Å². The van der Waals surface area contributed by atoms with Crippen molar-refractivity contribution in [2.24, 2.45) is 12.1 Å². The Kier molecular flexibility index (Phi) is 5.89. The second-order valence-corrected chi connectivity index (χ2v) is 7.35. The zero-order chi connectivity index (χ0) is 22.7. The molecule has 9 nitrogen and oxygen atoms in total. The van der Waals surface area contributed by atoms with Gasteiger partial charge in [-0.25, -0.2) is 10.2 Å². The topological polar surface area (TPSA) is 106 Å². The normalized spacial score (nSPS) is 11.7. The monoisotopic (exact) mass is 432 g/mol. The minimum atomic E-state index is -0.516. The minimum Gasteiger partial charge on any atom is -0.497 e. The van der Waals surface area contributed by atoms with E-state index in [-0.39, 0.29) is 0 Å². The maximum atomic E-state index is 12.6. The lowest BCUT2D eigenvalue weighted by Crippen LogP contribution is -2.29. The van der Waals surface area contributed by atoms with Crippen LogP contribution < -0.4 is 21.4 Å². The Morgan fingerprint density at radius 3 is 2.53 bits per heavy atom. The van der Waals surface area contributed by atoms with Gasteiger partial charge in [-0.15, -0.1) is 0 Å². The van der Waals surface area contributed by atoms with Crippen molar-refractivity contribution < 1.29 is 4.74 Å². The summed E-state index contributed by atoms with van der Waals surface area (Å²) in [6.45, 7) is 2.35. The molecule has 2 aromatic heterocycles. The van der Waals surface area contributed by atoms with Gasteiger partial charge in [-0.2, -0.15) is 10.1 Å². The molecule has 2 heterocycles. The summed E-state index contributed by atoms with van der Waals surface area (Å²) >= 11 is 0. The Bertz CT molecular complexity index is 1380. The fourth-order valence-electron chi connectivity index (χ4n) is 3.45. The van der Waals surface area contributed by atoms with Gasteiger partial charge in [-0.05, 0) is 36.6 Å². The molecule has 2 aromatic carbocycles. The second kappa shape index (κ2) is 8.93. The molecule has 0 atom stereocenters. The van der Waals surface area contributed by atoms with Crippen LogP contribution in [0.1, 0.15) is 18.1 Å². The molecule has 164 valence electrons. The second-order valence-electron chi connectivity index (χ2n) is 7.35. The average molecular weight is 432 g/mol. The Morgan fingerprint density at radius 1 is 1.12 bits per heavy atom. The van der Waals surface area contributed by atoms with E-state index < -0.39 is 11.2 Å². The van der Waals surface area contributed by atoms with Crippen LogP contribution in [-0.2, 0) is 20.0 Å². The quantitative estimate of drug-likeness (QED) is 0.345. The number of nitrogens with zero attached hydrogens (tertiary/aromatic N) is 4. The number of aromatic amines is 1. The van der Waals surface area contributed by atoms with Crippen molar-refractivity contribution >= 4 is 22.8 Å². The molecule has 0 amide bonds. The number of hydrogen-bond acceptors (Lipinski definition) is 6. The highest BCUT2D eigenvalue weighted by Gasteiger charge is 2.17. The average Bonchev–Trinajstić information content (AvgIpc) is 3.19. The Labute approximate surface area is 184 Å². The van der Waals surface area contributed by atoms with Crippen molar-refractivity contribution in [3.05, 3.63) is 86.6 Å². The van der Waals surface area contributed by atoms with Crippen LogP contribution in [0.3, 0.4) is 0 Å². The highest BCUT2D eigenvalue weighted by atomic mass is 16.5. The molecule has 0 aliphatic heterocycles. The molecule has 0 unspecified atom stereocenters. The molecule has 32 heavy (non-hydrogen) atoms. The first-order valence-electron chi connectivity index (χ1n) is 10.2. The summed E-state index contributed by atoms with van der Waals surface area (Å²) in [4.78, 5) is 31.6. The van der Waals surface area contributed by atoms with Gasteiger partial charge in [0.15, 0.2) is 11.2 Å². The summed E-state index contributed by atoms with van der Waals surface area (Å²) in [6.07, 6.45) is 0.647. The van der Waals surface area contributed by atoms with Gasteiger partial charge in [0.05, 0.1) is 12.8 Å². The largest absolute Gasteiger partial charge is 0.497 e. The maximum Gasteiger partial charge on any atom is 0.329 e. The Balaban J connectivity index is 1.72. The molecule has 0 aliphatic rings. The number of nitrogens with one attached hydrogen (secondary N) is 2. The molecule has 0 saturated heterocycles. The van der Waals surface area contributed by atoms with Gasteiger partial charge >= 0.3 is 5.69 Å². The van der Waals surface area contributed by atoms with Gasteiger partial charge in [0.2, 0.25) is 5.95 Å². The van der Waals surface area contributed by atoms with E-state index in [2.05, 4.69) is 20.5 Å². The molecule has 0 saturated carbocycles. The van der Waals surface area contributed by atoms with E-state index in [1.165, 1.54) is 4.57 Å². The van der Waals surface area contributed by atoms with Gasteiger partial charge < -0.3 is 9.30 Å². The van der Waals surface area contributed by atoms with Gasteiger partial charge in [-0.3, -0.25) is 14.3 Å². The summed E-state index contributed by atoms with van der Waals surface area (Å²) in [6, 6.07) is 17.5. The first-order valence-corrected chi connectivity index (χ1v) is 10.2. The number of hydrazone groups is 1. The highest BCUT2D eigenvalue weighted by molar-refractivity contribution is 5.99. The van der Waals surface area contributed by atoms with Gasteiger partial charge in [0, 0.05) is 13.6 Å². The summed E-state index contributed by atoms with van der Waals surface area (Å²) in [5, 5.41) is 4.45. The van der Waals surface area contributed by atoms with E-state index in [0.717, 1.165) is 22.6 Å². The maximum absolute atomic E-state index is 12.6. The van der Waals surface area contributed by atoms with E-state index in [1.54, 1.807) is 18.7 Å². The van der Waals surface area contributed by atoms with Crippen LogP contribution >= 0.6 is 0 Å². The molecule has 2 N–H and O–H groups in total. The number of hydrogen-bond donors (Lipinski definition) is 2. The third kappa shape index (κ3) is 4.18. The fourth-order valence-corrected chi connectivity index (χ4v) is 3.45. The molecule has 4 rings (SSSR count). The zero-order valence-electron chi connectivity index (χ0n) is 18.1. The number of aromatic nitrogens is 4. The van der Waals surface area contributed by atoms with Gasteiger partial charge in [-0.1, -0.05) is 42.5 Å². The number of ether oxygens (including phenoxy) is 1. The molecule has 9 heteroatoms. The number of methoxy groups -OCH3 is 1. The smallest absolute Gasteiger partial charge is 0.329 e. The predicted octanol–water partition coefficient (Wildman–Crippen LogP) is 2.51. The van der Waals surface area contributed by atoms with Crippen LogP contribution in [0.4, 0.5) is 5.95 Å². The van der Waals surface area contributed by atoms with Crippen LogP contribution in [0, 0.1) is 0 Å². The summed E-state index contributed by atoms with van der Waals surface area (Å²) in [5.74, 6) is 1.16. The molecule has 0 fully saturated rings. The number of rotatable bonds is 7. The van der Waals surface area contributed by atoms with E-state index in [0.29, 0.717) is 30.1 Å². The number of imidazole rings is 1. The summed E-state index contributed by atoms with van der Waals surface area (Å²) in [5.41, 5.74) is 5.39. The number of fused-ring (bicyclic) bond motifs is 1. The SMILES string of the molecule is COc1ccc(CCn2c(N/N=C(/C)c3ccccc3)nc3c2c(=O)[nH]c(=O)n3C)cc1. The van der Waals surface area contributed by atoms with Crippen molar-refractivity contribution in [3.8, 4) is 5.75 Å². The summed E-state index contributed by atoms with van der Waals surface area (Å²) < 4.78 is 8.28. The number of anilines is 1. The van der Waals surface area contributed by atoms with Crippen molar-refractivity contribution in [1.29, 1.82) is 0 Å². The third-order valence-electron chi connectivity index (χ3n) is 5.31.